The third-order valence-corrected chi connectivity index (χ3v) is 3.92. The van der Waals surface area contributed by atoms with Crippen LogP contribution in [0.15, 0.2) is 35.3 Å². The number of carbonyl (C=O) groups excluding carboxylic acids is 2. The quantitative estimate of drug-likeness (QED) is 0.810. The summed E-state index contributed by atoms with van der Waals surface area (Å²) in [6.45, 7) is 1.84. The summed E-state index contributed by atoms with van der Waals surface area (Å²) in [6.07, 6.45) is 3.04. The molecule has 2 heterocycles. The Morgan fingerprint density at radius 1 is 1.22 bits per heavy atom. The van der Waals surface area contributed by atoms with Crippen LogP contribution in [-0.4, -0.2) is 16.8 Å². The molecule has 1 aliphatic heterocycles. The molecular formula is C17H17N3O3. The summed E-state index contributed by atoms with van der Waals surface area (Å²) in [7, 11) is 0. The van der Waals surface area contributed by atoms with E-state index in [1.807, 2.05) is 13.0 Å². The summed E-state index contributed by atoms with van der Waals surface area (Å²) in [4.78, 5) is 38.1. The molecule has 0 bridgehead atoms. The number of rotatable bonds is 3. The van der Waals surface area contributed by atoms with E-state index in [0.29, 0.717) is 36.1 Å². The van der Waals surface area contributed by atoms with Crippen molar-refractivity contribution in [3.8, 4) is 0 Å². The lowest BCUT2D eigenvalue weighted by Gasteiger charge is -2.18. The molecule has 0 unspecified atom stereocenters. The Bertz CT molecular complexity index is 839. The summed E-state index contributed by atoms with van der Waals surface area (Å²) in [5.74, 6) is -0.307. The van der Waals surface area contributed by atoms with Crippen molar-refractivity contribution in [3.05, 3.63) is 57.5 Å². The average molecular weight is 311 g/mol. The molecule has 0 spiro atoms. The maximum atomic E-state index is 12.4. The average Bonchev–Trinajstić information content (AvgIpc) is 2.54. The number of hydrogen-bond donors (Lipinski definition) is 3. The van der Waals surface area contributed by atoms with E-state index in [9.17, 15) is 14.4 Å². The first-order valence-electron chi connectivity index (χ1n) is 7.53. The van der Waals surface area contributed by atoms with Gasteiger partial charge < -0.3 is 15.6 Å². The lowest BCUT2D eigenvalue weighted by Crippen LogP contribution is -2.22. The molecule has 23 heavy (non-hydrogen) atoms. The lowest BCUT2D eigenvalue weighted by atomic mass is 10.0. The van der Waals surface area contributed by atoms with Crippen molar-refractivity contribution in [1.82, 2.24) is 4.98 Å². The first kappa shape index (κ1) is 15.0. The van der Waals surface area contributed by atoms with Gasteiger partial charge in [-0.05, 0) is 42.7 Å². The van der Waals surface area contributed by atoms with Crippen LogP contribution < -0.4 is 16.2 Å². The van der Waals surface area contributed by atoms with Gasteiger partial charge >= 0.3 is 0 Å². The zero-order valence-corrected chi connectivity index (χ0v) is 12.7. The summed E-state index contributed by atoms with van der Waals surface area (Å²) < 4.78 is 0. The summed E-state index contributed by atoms with van der Waals surface area (Å²) in [6, 6.07) is 6.97. The van der Waals surface area contributed by atoms with Crippen LogP contribution in [-0.2, 0) is 17.6 Å². The highest BCUT2D eigenvalue weighted by Gasteiger charge is 2.17. The van der Waals surface area contributed by atoms with Gasteiger partial charge in [-0.2, -0.15) is 0 Å². The second-order valence-corrected chi connectivity index (χ2v) is 5.43. The molecule has 6 heteroatoms. The number of amides is 2. The summed E-state index contributed by atoms with van der Waals surface area (Å²) in [5, 5.41) is 5.62. The minimum atomic E-state index is -0.312. The van der Waals surface area contributed by atoms with Crippen molar-refractivity contribution in [2.75, 3.05) is 10.6 Å². The fraction of sp³-hybridized carbons (Fsp3) is 0.235. The van der Waals surface area contributed by atoms with Crippen LogP contribution in [0.5, 0.6) is 0 Å². The van der Waals surface area contributed by atoms with Gasteiger partial charge in [-0.25, -0.2) is 0 Å². The van der Waals surface area contributed by atoms with E-state index >= 15 is 0 Å². The van der Waals surface area contributed by atoms with Crippen molar-refractivity contribution in [2.24, 2.45) is 0 Å². The molecule has 0 atom stereocenters. The number of H-pyrrole nitrogens is 1. The van der Waals surface area contributed by atoms with Crippen LogP contribution in [0.2, 0.25) is 0 Å². The van der Waals surface area contributed by atoms with Crippen LogP contribution in [0.4, 0.5) is 11.4 Å². The Morgan fingerprint density at radius 3 is 2.83 bits per heavy atom. The van der Waals surface area contributed by atoms with Gasteiger partial charge in [0.2, 0.25) is 5.91 Å². The van der Waals surface area contributed by atoms with Crippen LogP contribution in [0.1, 0.15) is 34.8 Å². The van der Waals surface area contributed by atoms with E-state index in [1.165, 1.54) is 6.20 Å². The standard InChI is InChI=1S/C17H17N3O3/c1-2-12-13(7-8-18-16(12)22)17(23)19-11-4-5-14-10(9-11)3-6-15(21)20-14/h4-5,7-9H,2-3,6H2,1H3,(H,18,22)(H,19,23)(H,20,21). The highest BCUT2D eigenvalue weighted by Crippen LogP contribution is 2.26. The van der Waals surface area contributed by atoms with Gasteiger partial charge in [0.25, 0.3) is 11.5 Å². The highest BCUT2D eigenvalue weighted by molar-refractivity contribution is 6.05. The second kappa shape index (κ2) is 6.08. The molecule has 0 saturated heterocycles. The molecule has 1 aliphatic rings. The van der Waals surface area contributed by atoms with Crippen molar-refractivity contribution < 1.29 is 9.59 Å². The van der Waals surface area contributed by atoms with Crippen molar-refractivity contribution in [2.45, 2.75) is 26.2 Å². The van der Waals surface area contributed by atoms with Crippen LogP contribution in [0.3, 0.4) is 0 Å². The Morgan fingerprint density at radius 2 is 2.04 bits per heavy atom. The predicted octanol–water partition coefficient (Wildman–Crippen LogP) is 2.07. The van der Waals surface area contributed by atoms with Crippen molar-refractivity contribution >= 4 is 23.2 Å². The van der Waals surface area contributed by atoms with E-state index in [1.54, 1.807) is 18.2 Å². The van der Waals surface area contributed by atoms with E-state index in [2.05, 4.69) is 15.6 Å². The highest BCUT2D eigenvalue weighted by atomic mass is 16.2. The number of benzene rings is 1. The first-order chi connectivity index (χ1) is 11.1. The molecule has 1 aromatic carbocycles. The molecule has 0 aliphatic carbocycles. The second-order valence-electron chi connectivity index (χ2n) is 5.43. The largest absolute Gasteiger partial charge is 0.329 e. The van der Waals surface area contributed by atoms with Gasteiger partial charge in [0.05, 0.1) is 0 Å². The third kappa shape index (κ3) is 3.01. The number of hydrogen-bond acceptors (Lipinski definition) is 3. The number of anilines is 2. The smallest absolute Gasteiger partial charge is 0.256 e. The topological polar surface area (TPSA) is 91.1 Å². The first-order valence-corrected chi connectivity index (χ1v) is 7.53. The number of aryl methyl sites for hydroxylation is 1. The van der Waals surface area contributed by atoms with E-state index in [-0.39, 0.29) is 17.4 Å². The minimum Gasteiger partial charge on any atom is -0.329 e. The minimum absolute atomic E-state index is 0.00499. The molecule has 6 nitrogen and oxygen atoms in total. The van der Waals surface area contributed by atoms with Gasteiger partial charge in [-0.15, -0.1) is 0 Å². The van der Waals surface area contributed by atoms with Crippen LogP contribution >= 0.6 is 0 Å². The zero-order valence-electron chi connectivity index (χ0n) is 12.7. The maximum absolute atomic E-state index is 12.4. The Balaban J connectivity index is 1.85. The van der Waals surface area contributed by atoms with Crippen molar-refractivity contribution in [1.29, 1.82) is 0 Å². The maximum Gasteiger partial charge on any atom is 0.256 e. The fourth-order valence-corrected chi connectivity index (χ4v) is 2.73. The molecule has 0 saturated carbocycles. The normalized spacial score (nSPS) is 13.2. The molecule has 0 radical (unpaired) electrons. The molecule has 2 amide bonds. The van der Waals surface area contributed by atoms with Gasteiger partial charge in [-0.3, -0.25) is 14.4 Å². The van der Waals surface area contributed by atoms with E-state index in [0.717, 1.165) is 11.3 Å². The fourth-order valence-electron chi connectivity index (χ4n) is 2.73. The molecule has 3 N–H and O–H groups in total. The molecular weight excluding hydrogens is 294 g/mol. The Kier molecular flexibility index (Phi) is 3.97. The third-order valence-electron chi connectivity index (χ3n) is 3.92. The summed E-state index contributed by atoms with van der Waals surface area (Å²) >= 11 is 0. The Labute approximate surface area is 132 Å². The van der Waals surface area contributed by atoms with Crippen LogP contribution in [0.25, 0.3) is 0 Å². The molecule has 118 valence electrons. The number of carbonyl (C=O) groups is 2. The number of nitrogens with one attached hydrogen (secondary N) is 3. The number of aromatic nitrogens is 1. The molecule has 0 fully saturated rings. The van der Waals surface area contributed by atoms with Gasteiger partial charge in [0, 0.05) is 35.1 Å². The number of pyridine rings is 1. The monoisotopic (exact) mass is 311 g/mol. The van der Waals surface area contributed by atoms with Gasteiger partial charge in [0.1, 0.15) is 0 Å². The number of fused-ring (bicyclic) bond motifs is 1. The van der Waals surface area contributed by atoms with E-state index in [4.69, 9.17) is 0 Å². The van der Waals surface area contributed by atoms with Gasteiger partial charge in [0.15, 0.2) is 0 Å². The van der Waals surface area contributed by atoms with Gasteiger partial charge in [-0.1, -0.05) is 6.92 Å². The molecule has 1 aromatic heterocycles. The van der Waals surface area contributed by atoms with Crippen molar-refractivity contribution in [3.63, 3.8) is 0 Å². The lowest BCUT2D eigenvalue weighted by molar-refractivity contribution is -0.116. The molecule has 2 aromatic rings. The number of aromatic amines is 1. The SMILES string of the molecule is CCc1c(C(=O)Nc2ccc3c(c2)CCC(=O)N3)cc[nH]c1=O. The molecule has 3 rings (SSSR count). The van der Waals surface area contributed by atoms with Crippen LogP contribution in [0, 0.1) is 0 Å². The predicted molar refractivity (Wildman–Crippen MR) is 87.8 cm³/mol. The zero-order chi connectivity index (χ0) is 16.4. The Hall–Kier alpha value is -2.89. The summed E-state index contributed by atoms with van der Waals surface area (Å²) in [5.41, 5.74) is 3.02. The van der Waals surface area contributed by atoms with E-state index < -0.39 is 0 Å².